The molecule has 0 aromatic heterocycles. The van der Waals surface area contributed by atoms with Crippen LogP contribution >= 0.6 is 0 Å². The van der Waals surface area contributed by atoms with Crippen LogP contribution in [0.2, 0.25) is 0 Å². The van der Waals surface area contributed by atoms with E-state index in [1.807, 2.05) is 43.3 Å². The molecule has 0 aliphatic carbocycles. The number of fused-ring (bicyclic) bond motifs is 1. The fraction of sp³-hybridized carbons (Fsp3) is 0.167. The highest BCUT2D eigenvalue weighted by molar-refractivity contribution is 5.95. The minimum Gasteiger partial charge on any atom is -0.508 e. The monoisotopic (exact) mass is 295 g/mol. The Labute approximate surface area is 129 Å². The molecule has 0 bridgehead atoms. The average molecular weight is 295 g/mol. The number of allylic oxidation sites excluding steroid dienone is 1. The quantitative estimate of drug-likeness (QED) is 0.913. The Hall–Kier alpha value is -2.75. The number of phenols is 1. The summed E-state index contributed by atoms with van der Waals surface area (Å²) in [6.45, 7) is 1.95. The number of hydrogen-bond donors (Lipinski definition) is 2. The molecule has 4 heteroatoms. The van der Waals surface area contributed by atoms with Crippen LogP contribution in [0.15, 0.2) is 42.5 Å². The fourth-order valence-corrected chi connectivity index (χ4v) is 2.37. The Kier molecular flexibility index (Phi) is 3.83. The topological polar surface area (TPSA) is 58.6 Å². The molecule has 2 aromatic rings. The summed E-state index contributed by atoms with van der Waals surface area (Å²) in [5.41, 5.74) is 3.72. The van der Waals surface area contributed by atoms with E-state index in [2.05, 4.69) is 11.4 Å². The molecule has 0 atom stereocenters. The summed E-state index contributed by atoms with van der Waals surface area (Å²) < 4.78 is 5.34. The zero-order valence-electron chi connectivity index (χ0n) is 12.3. The van der Waals surface area contributed by atoms with Gasteiger partial charge in [-0.3, -0.25) is 4.79 Å². The van der Waals surface area contributed by atoms with E-state index < -0.39 is 0 Å². The zero-order chi connectivity index (χ0) is 15.5. The van der Waals surface area contributed by atoms with E-state index in [4.69, 9.17) is 4.74 Å². The van der Waals surface area contributed by atoms with Gasteiger partial charge in [-0.1, -0.05) is 24.3 Å². The summed E-state index contributed by atoms with van der Waals surface area (Å²) in [6, 6.07) is 11.3. The lowest BCUT2D eigenvalue weighted by Gasteiger charge is -2.18. The predicted octanol–water partition coefficient (Wildman–Crippen LogP) is 3.29. The van der Waals surface area contributed by atoms with Crippen molar-refractivity contribution in [3.05, 3.63) is 59.2 Å². The van der Waals surface area contributed by atoms with E-state index in [-0.39, 0.29) is 12.5 Å². The number of hydrogen-bond acceptors (Lipinski definition) is 3. The maximum Gasteiger partial charge on any atom is 0.262 e. The van der Waals surface area contributed by atoms with Crippen molar-refractivity contribution in [2.24, 2.45) is 0 Å². The lowest BCUT2D eigenvalue weighted by molar-refractivity contribution is -0.118. The van der Waals surface area contributed by atoms with Gasteiger partial charge in [0.1, 0.15) is 11.5 Å². The standard InChI is InChI=1S/C18H17NO3/c1-12-9-13(5-7-16(12)20)3-2-4-14-6-8-17-15(10-14)19-18(21)11-22-17/h2-3,5-10,20H,4,11H2,1H3,(H,19,21). The van der Waals surface area contributed by atoms with Crippen LogP contribution in [0, 0.1) is 6.92 Å². The summed E-state index contributed by atoms with van der Waals surface area (Å²) in [4.78, 5) is 11.3. The van der Waals surface area contributed by atoms with Gasteiger partial charge < -0.3 is 15.2 Å². The van der Waals surface area contributed by atoms with Crippen LogP contribution in [-0.4, -0.2) is 17.6 Å². The highest BCUT2D eigenvalue weighted by Gasteiger charge is 2.15. The third kappa shape index (κ3) is 3.11. The lowest BCUT2D eigenvalue weighted by atomic mass is 10.1. The summed E-state index contributed by atoms with van der Waals surface area (Å²) >= 11 is 0. The second kappa shape index (κ2) is 5.93. The Morgan fingerprint density at radius 3 is 2.95 bits per heavy atom. The number of ether oxygens (including phenoxy) is 1. The predicted molar refractivity (Wildman–Crippen MR) is 86.1 cm³/mol. The largest absolute Gasteiger partial charge is 0.508 e. The zero-order valence-corrected chi connectivity index (χ0v) is 12.3. The van der Waals surface area contributed by atoms with E-state index in [9.17, 15) is 9.90 Å². The van der Waals surface area contributed by atoms with Crippen LogP contribution in [-0.2, 0) is 11.2 Å². The molecule has 0 spiro atoms. The fourth-order valence-electron chi connectivity index (χ4n) is 2.37. The highest BCUT2D eigenvalue weighted by Crippen LogP contribution is 2.28. The van der Waals surface area contributed by atoms with Crippen LogP contribution in [0.3, 0.4) is 0 Å². The first-order valence-electron chi connectivity index (χ1n) is 7.13. The molecule has 3 rings (SSSR count). The second-order valence-electron chi connectivity index (χ2n) is 5.32. The molecule has 0 saturated carbocycles. The molecule has 2 aromatic carbocycles. The molecule has 1 amide bonds. The summed E-state index contributed by atoms with van der Waals surface area (Å²) in [6.07, 6.45) is 4.82. The first-order chi connectivity index (χ1) is 10.6. The Morgan fingerprint density at radius 2 is 2.14 bits per heavy atom. The number of aromatic hydroxyl groups is 1. The number of nitrogens with one attached hydrogen (secondary N) is 1. The van der Waals surface area contributed by atoms with Gasteiger partial charge in [0.2, 0.25) is 0 Å². The summed E-state index contributed by atoms with van der Waals surface area (Å²) in [7, 11) is 0. The van der Waals surface area contributed by atoms with Gasteiger partial charge in [0, 0.05) is 0 Å². The number of aryl methyl sites for hydroxylation is 1. The number of carbonyl (C=O) groups is 1. The first kappa shape index (κ1) is 14.2. The number of rotatable bonds is 3. The molecule has 22 heavy (non-hydrogen) atoms. The maximum atomic E-state index is 11.3. The van der Waals surface area contributed by atoms with Gasteiger partial charge in [0.05, 0.1) is 5.69 Å². The Balaban J connectivity index is 1.71. The molecule has 2 N–H and O–H groups in total. The number of amides is 1. The SMILES string of the molecule is Cc1cc(C=CCc2ccc3c(c2)NC(=O)CO3)ccc1O. The Morgan fingerprint density at radius 1 is 1.27 bits per heavy atom. The summed E-state index contributed by atoms with van der Waals surface area (Å²) in [5, 5.41) is 12.3. The third-order valence-electron chi connectivity index (χ3n) is 3.56. The maximum absolute atomic E-state index is 11.3. The minimum absolute atomic E-state index is 0.0758. The minimum atomic E-state index is -0.125. The van der Waals surface area contributed by atoms with Crippen molar-refractivity contribution in [1.82, 2.24) is 0 Å². The van der Waals surface area contributed by atoms with Crippen LogP contribution in [0.1, 0.15) is 16.7 Å². The first-order valence-corrected chi connectivity index (χ1v) is 7.13. The molecule has 0 saturated heterocycles. The second-order valence-corrected chi connectivity index (χ2v) is 5.32. The van der Waals surface area contributed by atoms with Gasteiger partial charge in [-0.25, -0.2) is 0 Å². The number of carbonyl (C=O) groups excluding carboxylic acids is 1. The van der Waals surface area contributed by atoms with Gasteiger partial charge in [0.15, 0.2) is 6.61 Å². The summed E-state index contributed by atoms with van der Waals surface area (Å²) in [5.74, 6) is 0.892. The van der Waals surface area contributed by atoms with Crippen molar-refractivity contribution < 1.29 is 14.6 Å². The molecular formula is C18H17NO3. The number of anilines is 1. The molecule has 0 unspecified atom stereocenters. The molecular weight excluding hydrogens is 278 g/mol. The molecule has 1 aliphatic heterocycles. The van der Waals surface area contributed by atoms with Gasteiger partial charge in [-0.15, -0.1) is 0 Å². The van der Waals surface area contributed by atoms with Crippen LogP contribution in [0.5, 0.6) is 11.5 Å². The van der Waals surface area contributed by atoms with Crippen molar-refractivity contribution in [3.63, 3.8) is 0 Å². The van der Waals surface area contributed by atoms with Crippen molar-refractivity contribution in [3.8, 4) is 11.5 Å². The molecule has 0 fully saturated rings. The van der Waals surface area contributed by atoms with Crippen molar-refractivity contribution in [1.29, 1.82) is 0 Å². The van der Waals surface area contributed by atoms with Gasteiger partial charge in [0.25, 0.3) is 5.91 Å². The number of benzene rings is 2. The van der Waals surface area contributed by atoms with Crippen LogP contribution in [0.25, 0.3) is 6.08 Å². The average Bonchev–Trinajstić information content (AvgIpc) is 2.50. The van der Waals surface area contributed by atoms with Crippen LogP contribution in [0.4, 0.5) is 5.69 Å². The molecule has 1 aliphatic rings. The van der Waals surface area contributed by atoms with E-state index in [0.717, 1.165) is 28.8 Å². The molecule has 0 radical (unpaired) electrons. The van der Waals surface area contributed by atoms with E-state index in [1.54, 1.807) is 6.07 Å². The van der Waals surface area contributed by atoms with Crippen molar-refractivity contribution >= 4 is 17.7 Å². The highest BCUT2D eigenvalue weighted by atomic mass is 16.5. The third-order valence-corrected chi connectivity index (χ3v) is 3.56. The molecule has 1 heterocycles. The van der Waals surface area contributed by atoms with Gasteiger partial charge >= 0.3 is 0 Å². The normalized spacial score (nSPS) is 13.6. The molecule has 112 valence electrons. The van der Waals surface area contributed by atoms with Crippen molar-refractivity contribution in [2.45, 2.75) is 13.3 Å². The number of phenolic OH excluding ortho intramolecular Hbond substituents is 1. The molecule has 4 nitrogen and oxygen atoms in total. The van der Waals surface area contributed by atoms with Gasteiger partial charge in [-0.2, -0.15) is 0 Å². The smallest absolute Gasteiger partial charge is 0.262 e. The van der Waals surface area contributed by atoms with E-state index in [1.165, 1.54) is 0 Å². The van der Waals surface area contributed by atoms with Crippen LogP contribution < -0.4 is 10.1 Å². The van der Waals surface area contributed by atoms with E-state index in [0.29, 0.717) is 11.5 Å². The lowest BCUT2D eigenvalue weighted by Crippen LogP contribution is -2.25. The van der Waals surface area contributed by atoms with E-state index >= 15 is 0 Å². The Bertz CT molecular complexity index is 750. The van der Waals surface area contributed by atoms with Crippen molar-refractivity contribution in [2.75, 3.05) is 11.9 Å². The van der Waals surface area contributed by atoms with Gasteiger partial charge in [-0.05, 0) is 54.3 Å².